The van der Waals surface area contributed by atoms with Crippen molar-refractivity contribution in [3.05, 3.63) is 76.0 Å². The molecule has 0 fully saturated rings. The van der Waals surface area contributed by atoms with Gasteiger partial charge in [0.05, 0.1) is 5.75 Å². The number of benzene rings is 2. The highest BCUT2D eigenvalue weighted by atomic mass is 79.9. The number of aromatic nitrogens is 2. The number of nitrogens with one attached hydrogen (secondary N) is 2. The highest BCUT2D eigenvalue weighted by Crippen LogP contribution is 2.22. The molecular formula is C20H19BrN4O2S. The van der Waals surface area contributed by atoms with Crippen LogP contribution in [-0.2, 0) is 4.79 Å². The van der Waals surface area contributed by atoms with Gasteiger partial charge in [0.2, 0.25) is 5.91 Å². The molecular weight excluding hydrogens is 440 g/mol. The third-order valence-electron chi connectivity index (χ3n) is 4.13. The molecule has 0 aliphatic heterocycles. The van der Waals surface area contributed by atoms with Gasteiger partial charge >= 0.3 is 0 Å². The predicted molar refractivity (Wildman–Crippen MR) is 114 cm³/mol. The molecule has 0 bridgehead atoms. The number of hydrazine groups is 1. The molecule has 1 heterocycles. The lowest BCUT2D eigenvalue weighted by atomic mass is 10.1. The molecule has 0 radical (unpaired) electrons. The van der Waals surface area contributed by atoms with Gasteiger partial charge in [0.15, 0.2) is 5.16 Å². The molecule has 0 spiro atoms. The summed E-state index contributed by atoms with van der Waals surface area (Å²) in [4.78, 5) is 28.4. The fourth-order valence-electron chi connectivity index (χ4n) is 2.43. The molecule has 3 aromatic rings. The van der Waals surface area contributed by atoms with E-state index in [2.05, 4.69) is 57.7 Å². The third-order valence-corrected chi connectivity index (χ3v) is 5.63. The van der Waals surface area contributed by atoms with E-state index in [9.17, 15) is 9.59 Å². The van der Waals surface area contributed by atoms with Gasteiger partial charge in [0, 0.05) is 28.1 Å². The summed E-state index contributed by atoms with van der Waals surface area (Å²) in [6, 6.07) is 13.0. The summed E-state index contributed by atoms with van der Waals surface area (Å²) in [6.07, 6.45) is 3.56. The average Bonchev–Trinajstić information content (AvgIpc) is 3.16. The molecule has 0 atom stereocenters. The van der Waals surface area contributed by atoms with E-state index in [1.807, 2.05) is 16.8 Å². The summed E-state index contributed by atoms with van der Waals surface area (Å²) in [5, 5.41) is 0.706. The maximum absolute atomic E-state index is 12.1. The summed E-state index contributed by atoms with van der Waals surface area (Å²) < 4.78 is 2.81. The first-order chi connectivity index (χ1) is 13.4. The van der Waals surface area contributed by atoms with Crippen LogP contribution in [0.3, 0.4) is 0 Å². The Morgan fingerprint density at radius 3 is 2.54 bits per heavy atom. The number of imidazole rings is 1. The van der Waals surface area contributed by atoms with E-state index in [1.54, 1.807) is 30.5 Å². The van der Waals surface area contributed by atoms with Crippen molar-refractivity contribution in [1.29, 1.82) is 0 Å². The predicted octanol–water partition coefficient (Wildman–Crippen LogP) is 3.80. The number of rotatable bonds is 5. The van der Waals surface area contributed by atoms with E-state index in [0.717, 1.165) is 10.2 Å². The molecule has 0 saturated carbocycles. The maximum Gasteiger partial charge on any atom is 0.269 e. The maximum atomic E-state index is 12.1. The summed E-state index contributed by atoms with van der Waals surface area (Å²) in [7, 11) is 0. The molecule has 144 valence electrons. The second-order valence-electron chi connectivity index (χ2n) is 6.15. The largest absolute Gasteiger partial charge is 0.295 e. The molecule has 3 rings (SSSR count). The Hall–Kier alpha value is -2.58. The van der Waals surface area contributed by atoms with Crippen molar-refractivity contribution in [3.63, 3.8) is 0 Å². The van der Waals surface area contributed by atoms with Crippen molar-refractivity contribution in [2.75, 3.05) is 5.75 Å². The van der Waals surface area contributed by atoms with Crippen LogP contribution in [0.5, 0.6) is 0 Å². The Balaban J connectivity index is 1.55. The Bertz CT molecular complexity index is 1000. The van der Waals surface area contributed by atoms with Crippen LogP contribution in [0.2, 0.25) is 0 Å². The van der Waals surface area contributed by atoms with Crippen LogP contribution in [0.1, 0.15) is 21.5 Å². The average molecular weight is 459 g/mol. The molecule has 0 aliphatic carbocycles. The zero-order valence-electron chi connectivity index (χ0n) is 15.4. The van der Waals surface area contributed by atoms with Crippen LogP contribution in [-0.4, -0.2) is 27.1 Å². The summed E-state index contributed by atoms with van der Waals surface area (Å²) in [5.74, 6) is -0.560. The van der Waals surface area contributed by atoms with Crippen LogP contribution in [0, 0.1) is 13.8 Å². The SMILES string of the molecule is Cc1ccc(-n2ccnc2SCC(=O)NNC(=O)c2ccc(Br)cc2)cc1C. The molecule has 1 aromatic heterocycles. The van der Waals surface area contributed by atoms with Gasteiger partial charge in [-0.25, -0.2) is 4.98 Å². The van der Waals surface area contributed by atoms with E-state index in [1.165, 1.54) is 22.9 Å². The topological polar surface area (TPSA) is 76.0 Å². The quantitative estimate of drug-likeness (QED) is 0.450. The number of thioether (sulfide) groups is 1. The smallest absolute Gasteiger partial charge is 0.269 e. The number of nitrogens with zero attached hydrogens (tertiary/aromatic N) is 2. The number of carbonyl (C=O) groups excluding carboxylic acids is 2. The van der Waals surface area contributed by atoms with Crippen LogP contribution in [0.15, 0.2) is 64.5 Å². The number of aryl methyl sites for hydroxylation is 2. The lowest BCUT2D eigenvalue weighted by Gasteiger charge is -2.10. The van der Waals surface area contributed by atoms with Gasteiger partial charge in [0.25, 0.3) is 5.91 Å². The zero-order valence-corrected chi connectivity index (χ0v) is 17.8. The third kappa shape index (κ3) is 5.02. The monoisotopic (exact) mass is 458 g/mol. The van der Waals surface area contributed by atoms with Crippen LogP contribution in [0.4, 0.5) is 0 Å². The van der Waals surface area contributed by atoms with Crippen molar-refractivity contribution in [2.24, 2.45) is 0 Å². The van der Waals surface area contributed by atoms with Crippen molar-refractivity contribution in [2.45, 2.75) is 19.0 Å². The Kier molecular flexibility index (Phi) is 6.53. The Morgan fingerprint density at radius 1 is 1.07 bits per heavy atom. The fourth-order valence-corrected chi connectivity index (χ4v) is 3.47. The second kappa shape index (κ2) is 9.07. The van der Waals surface area contributed by atoms with E-state index >= 15 is 0 Å². The fraction of sp³-hybridized carbons (Fsp3) is 0.150. The number of carbonyl (C=O) groups is 2. The molecule has 2 N–H and O–H groups in total. The lowest BCUT2D eigenvalue weighted by molar-refractivity contribution is -0.119. The molecule has 0 saturated heterocycles. The lowest BCUT2D eigenvalue weighted by Crippen LogP contribution is -2.42. The van der Waals surface area contributed by atoms with Crippen molar-refractivity contribution < 1.29 is 9.59 Å². The van der Waals surface area contributed by atoms with Gasteiger partial charge in [0.1, 0.15) is 0 Å². The molecule has 2 amide bonds. The number of amides is 2. The molecule has 6 nitrogen and oxygen atoms in total. The standard InChI is InChI=1S/C20H19BrN4O2S/c1-13-3-8-17(11-14(13)2)25-10-9-22-20(25)28-12-18(26)23-24-19(27)15-4-6-16(21)7-5-15/h3-11H,12H2,1-2H3,(H,23,26)(H,24,27). The van der Waals surface area contributed by atoms with Gasteiger partial charge in [-0.1, -0.05) is 33.8 Å². The first kappa shape index (κ1) is 20.2. The minimum atomic E-state index is -0.373. The summed E-state index contributed by atoms with van der Waals surface area (Å²) in [5.41, 5.74) is 8.70. The molecule has 8 heteroatoms. The van der Waals surface area contributed by atoms with E-state index in [-0.39, 0.29) is 17.6 Å². The van der Waals surface area contributed by atoms with Crippen LogP contribution in [0.25, 0.3) is 5.69 Å². The zero-order chi connectivity index (χ0) is 20.1. The minimum absolute atomic E-state index is 0.127. The first-order valence-electron chi connectivity index (χ1n) is 8.52. The number of halogens is 1. The van der Waals surface area contributed by atoms with E-state index < -0.39 is 0 Å². The van der Waals surface area contributed by atoms with Gasteiger partial charge < -0.3 is 0 Å². The first-order valence-corrected chi connectivity index (χ1v) is 10.3. The van der Waals surface area contributed by atoms with Crippen LogP contribution < -0.4 is 10.9 Å². The number of hydrogen-bond acceptors (Lipinski definition) is 4. The van der Waals surface area contributed by atoms with Gasteiger partial charge in [-0.05, 0) is 61.4 Å². The van der Waals surface area contributed by atoms with Crippen molar-refractivity contribution >= 4 is 39.5 Å². The number of hydrogen-bond donors (Lipinski definition) is 2. The van der Waals surface area contributed by atoms with E-state index in [4.69, 9.17) is 0 Å². The molecule has 0 unspecified atom stereocenters. The minimum Gasteiger partial charge on any atom is -0.295 e. The van der Waals surface area contributed by atoms with Crippen molar-refractivity contribution in [1.82, 2.24) is 20.4 Å². The highest BCUT2D eigenvalue weighted by Gasteiger charge is 2.11. The van der Waals surface area contributed by atoms with Gasteiger partial charge in [-0.2, -0.15) is 0 Å². The molecule has 28 heavy (non-hydrogen) atoms. The Morgan fingerprint density at radius 2 is 1.82 bits per heavy atom. The van der Waals surface area contributed by atoms with Gasteiger partial charge in [-0.3, -0.25) is 25.0 Å². The molecule has 2 aromatic carbocycles. The van der Waals surface area contributed by atoms with E-state index in [0.29, 0.717) is 10.7 Å². The van der Waals surface area contributed by atoms with Crippen molar-refractivity contribution in [3.8, 4) is 5.69 Å². The summed E-state index contributed by atoms with van der Waals surface area (Å²) >= 11 is 4.61. The molecule has 0 aliphatic rings. The summed E-state index contributed by atoms with van der Waals surface area (Å²) in [6.45, 7) is 4.12. The van der Waals surface area contributed by atoms with Gasteiger partial charge in [-0.15, -0.1) is 0 Å². The Labute approximate surface area is 175 Å². The van der Waals surface area contributed by atoms with Crippen LogP contribution >= 0.6 is 27.7 Å². The normalized spacial score (nSPS) is 10.5. The highest BCUT2D eigenvalue weighted by molar-refractivity contribution is 9.10. The second-order valence-corrected chi connectivity index (χ2v) is 8.00.